The smallest absolute Gasteiger partial charge is 0.326 e. The molecule has 2 aliphatic heterocycles. The zero-order valence-corrected chi connectivity index (χ0v) is 9.24. The Morgan fingerprint density at radius 3 is 2.65 bits per heavy atom. The van der Waals surface area contributed by atoms with Gasteiger partial charge in [-0.25, -0.2) is 4.79 Å². The molecule has 1 amide bonds. The van der Waals surface area contributed by atoms with Gasteiger partial charge in [-0.05, 0) is 0 Å². The van der Waals surface area contributed by atoms with Crippen LogP contribution in [0.3, 0.4) is 0 Å². The fourth-order valence-corrected chi connectivity index (χ4v) is 2.11. The molecule has 0 radical (unpaired) electrons. The number of amides is 1. The molecule has 2 heterocycles. The lowest BCUT2D eigenvalue weighted by molar-refractivity contribution is -0.163. The van der Waals surface area contributed by atoms with Crippen molar-refractivity contribution < 1.29 is 29.3 Å². The molecule has 17 heavy (non-hydrogen) atoms. The van der Waals surface area contributed by atoms with Crippen LogP contribution in [-0.4, -0.2) is 71.6 Å². The van der Waals surface area contributed by atoms with Gasteiger partial charge < -0.3 is 24.6 Å². The number of hydrogen-bond donors (Lipinski definition) is 2. The highest BCUT2D eigenvalue weighted by Crippen LogP contribution is 2.20. The number of carboxylic acid groups (broad SMARTS) is 1. The molecule has 0 bridgehead atoms. The molecule has 0 aliphatic carbocycles. The van der Waals surface area contributed by atoms with Crippen LogP contribution in [0.1, 0.15) is 6.42 Å². The zero-order valence-electron chi connectivity index (χ0n) is 9.24. The lowest BCUT2D eigenvalue weighted by Crippen LogP contribution is -2.49. The molecular formula is C10H15NO6. The quantitative estimate of drug-likeness (QED) is 0.611. The highest BCUT2D eigenvalue weighted by Gasteiger charge is 2.41. The van der Waals surface area contributed by atoms with Gasteiger partial charge in [-0.1, -0.05) is 0 Å². The topological polar surface area (TPSA) is 96.3 Å². The van der Waals surface area contributed by atoms with E-state index in [1.807, 2.05) is 0 Å². The third-order valence-electron chi connectivity index (χ3n) is 2.94. The van der Waals surface area contributed by atoms with Crippen molar-refractivity contribution in [3.05, 3.63) is 0 Å². The summed E-state index contributed by atoms with van der Waals surface area (Å²) < 4.78 is 10.3. The van der Waals surface area contributed by atoms with E-state index in [0.717, 1.165) is 4.90 Å². The van der Waals surface area contributed by atoms with E-state index in [-0.39, 0.29) is 19.6 Å². The number of aliphatic hydroxyl groups excluding tert-OH is 1. The maximum absolute atomic E-state index is 12.0. The molecular weight excluding hydrogens is 230 g/mol. The summed E-state index contributed by atoms with van der Waals surface area (Å²) >= 11 is 0. The van der Waals surface area contributed by atoms with Crippen molar-refractivity contribution in [2.75, 3.05) is 26.4 Å². The van der Waals surface area contributed by atoms with Crippen LogP contribution < -0.4 is 0 Å². The Morgan fingerprint density at radius 2 is 2.06 bits per heavy atom. The molecule has 2 fully saturated rings. The minimum atomic E-state index is -1.10. The lowest BCUT2D eigenvalue weighted by atomic mass is 10.2. The summed E-state index contributed by atoms with van der Waals surface area (Å²) in [6.45, 7) is 0.937. The normalized spacial score (nSPS) is 33.7. The van der Waals surface area contributed by atoms with E-state index in [1.165, 1.54) is 0 Å². The summed E-state index contributed by atoms with van der Waals surface area (Å²) in [5.74, 6) is -1.53. The maximum Gasteiger partial charge on any atom is 0.326 e. The molecule has 0 aromatic heterocycles. The predicted octanol–water partition coefficient (Wildman–Crippen LogP) is -1.55. The fraction of sp³-hybridized carbons (Fsp3) is 0.800. The van der Waals surface area contributed by atoms with E-state index in [2.05, 4.69) is 0 Å². The third-order valence-corrected chi connectivity index (χ3v) is 2.94. The van der Waals surface area contributed by atoms with Gasteiger partial charge in [-0.15, -0.1) is 0 Å². The van der Waals surface area contributed by atoms with Crippen LogP contribution in [0, 0.1) is 0 Å². The van der Waals surface area contributed by atoms with E-state index in [1.54, 1.807) is 0 Å². The molecule has 3 atom stereocenters. The number of aliphatic hydroxyl groups is 1. The van der Waals surface area contributed by atoms with Crippen LogP contribution in [0.25, 0.3) is 0 Å². The minimum absolute atomic E-state index is 0.0374. The number of carbonyl (C=O) groups excluding carboxylic acids is 1. The Kier molecular flexibility index (Phi) is 3.60. The molecule has 0 aromatic rings. The van der Waals surface area contributed by atoms with Crippen molar-refractivity contribution in [3.63, 3.8) is 0 Å². The van der Waals surface area contributed by atoms with Gasteiger partial charge in [0.2, 0.25) is 0 Å². The molecule has 2 N–H and O–H groups in total. The van der Waals surface area contributed by atoms with Gasteiger partial charge in [0, 0.05) is 13.0 Å². The van der Waals surface area contributed by atoms with Crippen LogP contribution >= 0.6 is 0 Å². The number of hydrogen-bond acceptors (Lipinski definition) is 5. The van der Waals surface area contributed by atoms with Gasteiger partial charge in [0.25, 0.3) is 5.91 Å². The van der Waals surface area contributed by atoms with E-state index in [9.17, 15) is 14.7 Å². The predicted molar refractivity (Wildman–Crippen MR) is 54.3 cm³/mol. The summed E-state index contributed by atoms with van der Waals surface area (Å²) in [7, 11) is 0. The van der Waals surface area contributed by atoms with Gasteiger partial charge in [-0.3, -0.25) is 4.79 Å². The highest BCUT2D eigenvalue weighted by atomic mass is 16.6. The fourth-order valence-electron chi connectivity index (χ4n) is 2.11. The summed E-state index contributed by atoms with van der Waals surface area (Å²) in [6.07, 6.45) is -1.48. The van der Waals surface area contributed by atoms with E-state index < -0.39 is 30.1 Å². The molecule has 96 valence electrons. The van der Waals surface area contributed by atoms with Crippen LogP contribution in [-0.2, 0) is 19.1 Å². The van der Waals surface area contributed by atoms with E-state index in [4.69, 9.17) is 14.6 Å². The maximum atomic E-state index is 12.0. The van der Waals surface area contributed by atoms with Crippen molar-refractivity contribution in [3.8, 4) is 0 Å². The Morgan fingerprint density at radius 1 is 1.29 bits per heavy atom. The van der Waals surface area contributed by atoms with Gasteiger partial charge in [0.05, 0.1) is 25.9 Å². The van der Waals surface area contributed by atoms with Gasteiger partial charge in [0.1, 0.15) is 6.04 Å². The standard InChI is InChI=1S/C10H15NO6/c12-6-3-7(10(14)15)11(4-6)9(13)8-5-16-1-2-17-8/h6-8,12H,1-5H2,(H,14,15)/t6-,7-,8?/m1/s1. The first kappa shape index (κ1) is 12.3. The first-order valence-corrected chi connectivity index (χ1v) is 5.50. The Bertz CT molecular complexity index is 314. The average molecular weight is 245 g/mol. The summed E-state index contributed by atoms with van der Waals surface area (Å²) in [4.78, 5) is 24.1. The first-order valence-electron chi connectivity index (χ1n) is 5.50. The van der Waals surface area contributed by atoms with Gasteiger partial charge in [-0.2, -0.15) is 0 Å². The molecule has 0 aromatic carbocycles. The second kappa shape index (κ2) is 4.99. The number of aliphatic carboxylic acids is 1. The summed E-state index contributed by atoms with van der Waals surface area (Å²) in [6, 6.07) is -0.969. The number of β-amino-alcohol motifs (C(OH)–C–C–N with tert-alkyl or cyclic N) is 1. The molecule has 7 nitrogen and oxygen atoms in total. The lowest BCUT2D eigenvalue weighted by Gasteiger charge is -2.28. The van der Waals surface area contributed by atoms with Crippen molar-refractivity contribution in [2.24, 2.45) is 0 Å². The Labute approximate surface area is 97.9 Å². The third kappa shape index (κ3) is 2.56. The van der Waals surface area contributed by atoms with Crippen molar-refractivity contribution in [2.45, 2.75) is 24.7 Å². The molecule has 2 rings (SSSR count). The van der Waals surface area contributed by atoms with Crippen molar-refractivity contribution >= 4 is 11.9 Å². The SMILES string of the molecule is O=C(O)[C@H]1C[C@@H](O)CN1C(=O)C1COCCO1. The van der Waals surface area contributed by atoms with Gasteiger partial charge in [0.15, 0.2) is 6.10 Å². The van der Waals surface area contributed by atoms with Crippen molar-refractivity contribution in [1.82, 2.24) is 4.90 Å². The second-order valence-corrected chi connectivity index (χ2v) is 4.17. The number of carboxylic acids is 1. The Balaban J connectivity index is 2.04. The molecule has 1 unspecified atom stereocenters. The minimum Gasteiger partial charge on any atom is -0.480 e. The van der Waals surface area contributed by atoms with Crippen molar-refractivity contribution in [1.29, 1.82) is 0 Å². The number of rotatable bonds is 2. The molecule has 2 aliphatic rings. The van der Waals surface area contributed by atoms with Crippen LogP contribution in [0.2, 0.25) is 0 Å². The number of carbonyl (C=O) groups is 2. The molecule has 0 saturated carbocycles. The monoisotopic (exact) mass is 245 g/mol. The number of nitrogens with zero attached hydrogens (tertiary/aromatic N) is 1. The summed E-state index contributed by atoms with van der Waals surface area (Å²) in [5, 5.41) is 18.4. The van der Waals surface area contributed by atoms with Crippen LogP contribution in [0.4, 0.5) is 0 Å². The second-order valence-electron chi connectivity index (χ2n) is 4.17. The molecule has 7 heteroatoms. The summed E-state index contributed by atoms with van der Waals surface area (Å²) in [5.41, 5.74) is 0. The zero-order chi connectivity index (χ0) is 12.4. The van der Waals surface area contributed by atoms with E-state index in [0.29, 0.717) is 13.2 Å². The van der Waals surface area contributed by atoms with Gasteiger partial charge >= 0.3 is 5.97 Å². The molecule has 2 saturated heterocycles. The van der Waals surface area contributed by atoms with Crippen LogP contribution in [0.15, 0.2) is 0 Å². The Hall–Kier alpha value is -1.18. The van der Waals surface area contributed by atoms with E-state index >= 15 is 0 Å². The number of ether oxygens (including phenoxy) is 2. The number of likely N-dealkylation sites (tertiary alicyclic amines) is 1. The van der Waals surface area contributed by atoms with Crippen LogP contribution in [0.5, 0.6) is 0 Å². The molecule has 0 spiro atoms. The largest absolute Gasteiger partial charge is 0.480 e. The average Bonchev–Trinajstić information content (AvgIpc) is 2.72. The highest BCUT2D eigenvalue weighted by molar-refractivity contribution is 5.87. The first-order chi connectivity index (χ1) is 8.09.